The molecule has 0 spiro atoms. The standard InChI is InChI=1S/C24H32F12O8/c1-16(2,3)8-12(17(4,5)6)13(37)42-9-18(7,10-43-14(38)19(40,21(25,26)27)22(28,29)30)11-44-15(39)20(41,23(31,32)33)24(34,35)36/h12,40-41H,8-11H2,1-7H3. The van der Waals surface area contributed by atoms with Gasteiger partial charge in [0.15, 0.2) is 0 Å². The summed E-state index contributed by atoms with van der Waals surface area (Å²) in [6, 6.07) is 0. The van der Waals surface area contributed by atoms with Crippen LogP contribution in [0.15, 0.2) is 0 Å². The Morgan fingerprint density at radius 1 is 0.545 bits per heavy atom. The van der Waals surface area contributed by atoms with E-state index >= 15 is 0 Å². The van der Waals surface area contributed by atoms with Crippen molar-refractivity contribution >= 4 is 17.9 Å². The molecule has 0 saturated carbocycles. The first-order valence-corrected chi connectivity index (χ1v) is 12.2. The molecule has 0 bridgehead atoms. The SMILES string of the molecule is CC(C)(C)CC(C(=O)OCC(C)(COC(=O)C(O)(C(F)(F)F)C(F)(F)F)COC(=O)C(O)(C(F)(F)F)C(F)(F)F)C(C)(C)C. The average molecular weight is 676 g/mol. The maximum absolute atomic E-state index is 13.0. The van der Waals surface area contributed by atoms with Gasteiger partial charge < -0.3 is 24.4 Å². The molecule has 0 radical (unpaired) electrons. The lowest BCUT2D eigenvalue weighted by molar-refractivity contribution is -0.357. The molecule has 1 atom stereocenters. The molecule has 0 heterocycles. The van der Waals surface area contributed by atoms with Crippen LogP contribution in [0.5, 0.6) is 0 Å². The van der Waals surface area contributed by atoms with Crippen molar-refractivity contribution in [3.63, 3.8) is 0 Å². The highest BCUT2D eigenvalue weighted by Crippen LogP contribution is 2.46. The minimum atomic E-state index is -6.74. The molecule has 2 N–H and O–H groups in total. The van der Waals surface area contributed by atoms with Crippen LogP contribution in [-0.2, 0) is 28.6 Å². The number of hydrogen-bond donors (Lipinski definition) is 2. The number of ether oxygens (including phenoxy) is 3. The van der Waals surface area contributed by atoms with E-state index in [1.165, 1.54) is 0 Å². The fourth-order valence-electron chi connectivity index (χ4n) is 3.30. The Bertz CT molecular complexity index is 949. The Morgan fingerprint density at radius 2 is 0.818 bits per heavy atom. The van der Waals surface area contributed by atoms with Gasteiger partial charge in [0.25, 0.3) is 0 Å². The first-order chi connectivity index (χ1) is 19.0. The second-order valence-electron chi connectivity index (χ2n) is 12.7. The highest BCUT2D eigenvalue weighted by atomic mass is 19.4. The van der Waals surface area contributed by atoms with E-state index in [-0.39, 0.29) is 6.42 Å². The summed E-state index contributed by atoms with van der Waals surface area (Å²) < 4.78 is 169. The molecule has 0 aromatic heterocycles. The fourth-order valence-corrected chi connectivity index (χ4v) is 3.30. The topological polar surface area (TPSA) is 119 Å². The van der Waals surface area contributed by atoms with Crippen molar-refractivity contribution in [2.45, 2.75) is 90.8 Å². The lowest BCUT2D eigenvalue weighted by atomic mass is 9.72. The minimum absolute atomic E-state index is 0.102. The Labute approximate surface area is 243 Å². The van der Waals surface area contributed by atoms with Crippen molar-refractivity contribution in [2.75, 3.05) is 19.8 Å². The first-order valence-electron chi connectivity index (χ1n) is 12.2. The zero-order valence-corrected chi connectivity index (χ0v) is 24.3. The van der Waals surface area contributed by atoms with Crippen molar-refractivity contribution < 1.29 is 91.5 Å². The molecule has 0 aromatic rings. The Morgan fingerprint density at radius 3 is 1.05 bits per heavy atom. The molecule has 0 saturated heterocycles. The predicted octanol–water partition coefficient (Wildman–Crippen LogP) is 5.43. The summed E-state index contributed by atoms with van der Waals surface area (Å²) in [5.74, 6) is -8.97. The summed E-state index contributed by atoms with van der Waals surface area (Å²) in [4.78, 5) is 36.6. The van der Waals surface area contributed by atoms with Gasteiger partial charge in [-0.3, -0.25) is 4.79 Å². The number of carbonyl (C=O) groups excluding carboxylic acids is 3. The van der Waals surface area contributed by atoms with Crippen LogP contribution < -0.4 is 0 Å². The smallest absolute Gasteiger partial charge is 0.437 e. The molecule has 1 unspecified atom stereocenters. The van der Waals surface area contributed by atoms with E-state index in [9.17, 15) is 67.1 Å². The number of rotatable bonds is 10. The van der Waals surface area contributed by atoms with Crippen molar-refractivity contribution in [1.29, 1.82) is 0 Å². The number of aliphatic hydroxyl groups is 2. The molecule has 0 rings (SSSR count). The molecule has 20 heteroatoms. The van der Waals surface area contributed by atoms with Gasteiger partial charge in [0, 0.05) is 0 Å². The van der Waals surface area contributed by atoms with Gasteiger partial charge in [-0.05, 0) is 24.2 Å². The fraction of sp³-hybridized carbons (Fsp3) is 0.875. The Kier molecular flexibility index (Phi) is 12.0. The summed E-state index contributed by atoms with van der Waals surface area (Å²) in [6.45, 7) is 5.31. The second-order valence-corrected chi connectivity index (χ2v) is 12.7. The van der Waals surface area contributed by atoms with E-state index in [0.717, 1.165) is 0 Å². The third-order valence-electron chi connectivity index (χ3n) is 6.04. The van der Waals surface area contributed by atoms with Crippen LogP contribution >= 0.6 is 0 Å². The van der Waals surface area contributed by atoms with E-state index in [4.69, 9.17) is 14.9 Å². The summed E-state index contributed by atoms with van der Waals surface area (Å²) in [5.41, 5.74) is -16.4. The van der Waals surface area contributed by atoms with Gasteiger partial charge >= 0.3 is 53.8 Å². The van der Waals surface area contributed by atoms with Crippen LogP contribution in [0.3, 0.4) is 0 Å². The molecule has 44 heavy (non-hydrogen) atoms. The Hall–Kier alpha value is -2.51. The number of hydrogen-bond acceptors (Lipinski definition) is 8. The zero-order chi connectivity index (χ0) is 35.8. The van der Waals surface area contributed by atoms with E-state index in [2.05, 4.69) is 9.47 Å². The van der Waals surface area contributed by atoms with Crippen molar-refractivity contribution in [1.82, 2.24) is 0 Å². The van der Waals surface area contributed by atoms with Crippen LogP contribution in [0.1, 0.15) is 54.9 Å². The van der Waals surface area contributed by atoms with E-state index in [0.29, 0.717) is 6.92 Å². The van der Waals surface area contributed by atoms with Gasteiger partial charge in [-0.2, -0.15) is 52.7 Å². The van der Waals surface area contributed by atoms with Crippen LogP contribution in [0.4, 0.5) is 52.7 Å². The monoisotopic (exact) mass is 676 g/mol. The molecule has 0 aliphatic heterocycles. The number of alkyl halides is 12. The van der Waals surface area contributed by atoms with Crippen LogP contribution in [0, 0.1) is 22.2 Å². The lowest BCUT2D eigenvalue weighted by Gasteiger charge is -2.36. The zero-order valence-electron chi connectivity index (χ0n) is 24.3. The van der Waals surface area contributed by atoms with Crippen molar-refractivity contribution in [3.8, 4) is 0 Å². The predicted molar refractivity (Wildman–Crippen MR) is 122 cm³/mol. The maximum Gasteiger partial charge on any atom is 0.437 e. The van der Waals surface area contributed by atoms with Crippen LogP contribution in [0.2, 0.25) is 0 Å². The molecule has 0 fully saturated rings. The third kappa shape index (κ3) is 9.50. The first kappa shape index (κ1) is 41.5. The summed E-state index contributed by atoms with van der Waals surface area (Å²) >= 11 is 0. The number of halogens is 12. The molecule has 0 amide bonds. The third-order valence-corrected chi connectivity index (χ3v) is 6.04. The quantitative estimate of drug-likeness (QED) is 0.179. The summed E-state index contributed by atoms with van der Waals surface area (Å²) in [6.07, 6.45) is -26.8. The second kappa shape index (κ2) is 12.7. The molecule has 0 aromatic carbocycles. The van der Waals surface area contributed by atoms with Crippen LogP contribution in [0.25, 0.3) is 0 Å². The molecular formula is C24H32F12O8. The van der Waals surface area contributed by atoms with Gasteiger partial charge in [-0.25, -0.2) is 9.59 Å². The molecule has 0 aliphatic rings. The molecule has 0 aliphatic carbocycles. The van der Waals surface area contributed by atoms with E-state index in [1.807, 2.05) is 0 Å². The molecule has 8 nitrogen and oxygen atoms in total. The summed E-state index contributed by atoms with van der Waals surface area (Å²) in [7, 11) is 0. The maximum atomic E-state index is 13.0. The lowest BCUT2D eigenvalue weighted by Crippen LogP contribution is -2.63. The van der Waals surface area contributed by atoms with Crippen molar-refractivity contribution in [2.24, 2.45) is 22.2 Å². The summed E-state index contributed by atoms with van der Waals surface area (Å²) in [5, 5.41) is 18.3. The highest BCUT2D eigenvalue weighted by molar-refractivity contribution is 5.82. The Balaban J connectivity index is 6.50. The van der Waals surface area contributed by atoms with Crippen molar-refractivity contribution in [3.05, 3.63) is 0 Å². The van der Waals surface area contributed by atoms with E-state index in [1.54, 1.807) is 41.5 Å². The highest BCUT2D eigenvalue weighted by Gasteiger charge is 2.78. The van der Waals surface area contributed by atoms with Crippen LogP contribution in [-0.4, -0.2) is 83.8 Å². The van der Waals surface area contributed by atoms with Gasteiger partial charge in [-0.1, -0.05) is 41.5 Å². The molecule has 260 valence electrons. The largest absolute Gasteiger partial charge is 0.465 e. The van der Waals surface area contributed by atoms with Gasteiger partial charge in [0.2, 0.25) is 0 Å². The van der Waals surface area contributed by atoms with Gasteiger partial charge in [-0.15, -0.1) is 0 Å². The minimum Gasteiger partial charge on any atom is -0.465 e. The number of carbonyl (C=O) groups is 3. The average Bonchev–Trinajstić information content (AvgIpc) is 2.77. The number of esters is 3. The van der Waals surface area contributed by atoms with Gasteiger partial charge in [0.1, 0.15) is 19.8 Å². The molecular weight excluding hydrogens is 644 g/mol. The van der Waals surface area contributed by atoms with Gasteiger partial charge in [0.05, 0.1) is 11.3 Å². The normalized spacial score (nSPS) is 15.5. The van der Waals surface area contributed by atoms with E-state index < -0.39 is 95.8 Å².